The van der Waals surface area contributed by atoms with E-state index in [4.69, 9.17) is 26.2 Å². The molecule has 0 radical (unpaired) electrons. The van der Waals surface area contributed by atoms with Crippen LogP contribution in [0, 0.1) is 10.1 Å². The maximum absolute atomic E-state index is 12.0. The minimum absolute atomic E-state index is 0.0161. The van der Waals surface area contributed by atoms with Gasteiger partial charge in [0.25, 0.3) is 11.6 Å². The molecule has 1 amide bonds. The van der Waals surface area contributed by atoms with Gasteiger partial charge in [0.05, 0.1) is 9.82 Å². The zero-order valence-electron chi connectivity index (χ0n) is 15.2. The summed E-state index contributed by atoms with van der Waals surface area (Å²) in [6, 6.07) is 8.82. The number of hydrogen-bond donors (Lipinski definition) is 2. The number of carbonyl (C=O) groups excluding carboxylic acids is 2. The SMILES string of the molecule is NS(=O)(=O)c1ccc(OCCOC(=O)CNC(=O)c2ccc(Cl)c([N+](=O)[O-])c2)cc1. The molecule has 0 atom stereocenters. The van der Waals surface area contributed by atoms with Crippen molar-refractivity contribution < 1.29 is 32.4 Å². The number of sulfonamides is 1. The number of nitro groups is 1. The summed E-state index contributed by atoms with van der Waals surface area (Å²) in [7, 11) is -3.80. The van der Waals surface area contributed by atoms with Crippen LogP contribution in [0.4, 0.5) is 5.69 Å². The van der Waals surface area contributed by atoms with Gasteiger partial charge in [0.15, 0.2) is 0 Å². The van der Waals surface area contributed by atoms with Gasteiger partial charge in [-0.25, -0.2) is 13.6 Å². The number of esters is 1. The van der Waals surface area contributed by atoms with E-state index in [1.165, 1.54) is 36.4 Å². The topological polar surface area (TPSA) is 168 Å². The predicted octanol–water partition coefficient (Wildman–Crippen LogP) is 1.25. The number of primary sulfonamides is 1. The molecule has 0 aromatic heterocycles. The zero-order valence-corrected chi connectivity index (χ0v) is 16.8. The van der Waals surface area contributed by atoms with Gasteiger partial charge in [0.2, 0.25) is 10.0 Å². The number of hydrogen-bond acceptors (Lipinski definition) is 8. The van der Waals surface area contributed by atoms with Crippen LogP contribution in [0.5, 0.6) is 5.75 Å². The number of amides is 1. The van der Waals surface area contributed by atoms with E-state index in [-0.39, 0.29) is 28.7 Å². The van der Waals surface area contributed by atoms with Crippen LogP contribution in [0.2, 0.25) is 5.02 Å². The van der Waals surface area contributed by atoms with Crippen molar-refractivity contribution in [1.82, 2.24) is 5.32 Å². The molecule has 0 aliphatic carbocycles. The Hall–Kier alpha value is -3.22. The van der Waals surface area contributed by atoms with Crippen LogP contribution >= 0.6 is 11.6 Å². The number of benzene rings is 2. The second-order valence-corrected chi connectivity index (χ2v) is 7.66. The molecule has 0 heterocycles. The average Bonchev–Trinajstić information content (AvgIpc) is 2.69. The average molecular weight is 458 g/mol. The summed E-state index contributed by atoms with van der Waals surface area (Å²) in [4.78, 5) is 33.7. The summed E-state index contributed by atoms with van der Waals surface area (Å²) in [6.45, 7) is -0.603. The monoisotopic (exact) mass is 457 g/mol. The Morgan fingerprint density at radius 1 is 1.13 bits per heavy atom. The summed E-state index contributed by atoms with van der Waals surface area (Å²) in [5.41, 5.74) is -0.466. The largest absolute Gasteiger partial charge is 0.490 e. The first-order chi connectivity index (χ1) is 14.1. The third-order valence-electron chi connectivity index (χ3n) is 3.57. The third-order valence-corrected chi connectivity index (χ3v) is 4.81. The van der Waals surface area contributed by atoms with E-state index >= 15 is 0 Å². The number of nitro benzene ring substituents is 1. The fraction of sp³-hybridized carbons (Fsp3) is 0.176. The summed E-state index contributed by atoms with van der Waals surface area (Å²) >= 11 is 5.67. The van der Waals surface area contributed by atoms with Gasteiger partial charge in [-0.15, -0.1) is 0 Å². The van der Waals surface area contributed by atoms with Crippen molar-refractivity contribution in [2.75, 3.05) is 19.8 Å². The first kappa shape index (κ1) is 23.1. The predicted molar refractivity (Wildman–Crippen MR) is 105 cm³/mol. The Labute approximate surface area is 175 Å². The van der Waals surface area contributed by atoms with Crippen molar-refractivity contribution >= 4 is 39.2 Å². The van der Waals surface area contributed by atoms with Crippen LogP contribution in [-0.4, -0.2) is 45.0 Å². The molecular formula is C17H16ClN3O8S. The van der Waals surface area contributed by atoms with E-state index in [1.54, 1.807) is 0 Å². The number of carbonyl (C=O) groups is 2. The van der Waals surface area contributed by atoms with Crippen molar-refractivity contribution in [3.05, 3.63) is 63.2 Å². The van der Waals surface area contributed by atoms with E-state index in [2.05, 4.69) is 5.32 Å². The Kier molecular flexibility index (Phi) is 7.69. The standard InChI is InChI=1S/C17H16ClN3O8S/c18-14-6-1-11(9-15(14)21(24)25)17(23)20-10-16(22)29-8-7-28-12-2-4-13(5-3-12)30(19,26)27/h1-6,9H,7-8,10H2,(H,20,23)(H2,19,26,27). The highest BCUT2D eigenvalue weighted by atomic mass is 35.5. The molecule has 30 heavy (non-hydrogen) atoms. The lowest BCUT2D eigenvalue weighted by Crippen LogP contribution is -2.31. The third kappa shape index (κ3) is 6.69. The molecular weight excluding hydrogens is 442 g/mol. The Morgan fingerprint density at radius 2 is 1.80 bits per heavy atom. The first-order valence-corrected chi connectivity index (χ1v) is 10.1. The molecule has 2 aromatic carbocycles. The van der Waals surface area contributed by atoms with E-state index in [0.717, 1.165) is 6.07 Å². The first-order valence-electron chi connectivity index (χ1n) is 8.21. The van der Waals surface area contributed by atoms with Crippen LogP contribution < -0.4 is 15.2 Å². The lowest BCUT2D eigenvalue weighted by Gasteiger charge is -2.09. The van der Waals surface area contributed by atoms with Crippen molar-refractivity contribution in [3.8, 4) is 5.75 Å². The summed E-state index contributed by atoms with van der Waals surface area (Å²) in [5, 5.41) is 18.0. The fourth-order valence-electron chi connectivity index (χ4n) is 2.14. The van der Waals surface area contributed by atoms with Crippen molar-refractivity contribution in [3.63, 3.8) is 0 Å². The molecule has 0 spiro atoms. The summed E-state index contributed by atoms with van der Waals surface area (Å²) < 4.78 is 32.5. The molecule has 0 fully saturated rings. The summed E-state index contributed by atoms with van der Waals surface area (Å²) in [6.07, 6.45) is 0. The van der Waals surface area contributed by atoms with Crippen molar-refractivity contribution in [2.24, 2.45) is 5.14 Å². The van der Waals surface area contributed by atoms with E-state index in [1.807, 2.05) is 0 Å². The molecule has 0 bridgehead atoms. The maximum atomic E-state index is 12.0. The van der Waals surface area contributed by atoms with Gasteiger partial charge in [0, 0.05) is 11.6 Å². The normalized spacial score (nSPS) is 10.9. The molecule has 0 unspecified atom stereocenters. The van der Waals surface area contributed by atoms with E-state index in [9.17, 15) is 28.1 Å². The Bertz CT molecular complexity index is 1060. The van der Waals surface area contributed by atoms with Crippen molar-refractivity contribution in [1.29, 1.82) is 0 Å². The molecule has 3 N–H and O–H groups in total. The molecule has 13 heteroatoms. The Balaban J connectivity index is 1.74. The van der Waals surface area contributed by atoms with Gasteiger partial charge in [-0.1, -0.05) is 11.6 Å². The van der Waals surface area contributed by atoms with E-state index < -0.39 is 39.1 Å². The highest BCUT2D eigenvalue weighted by molar-refractivity contribution is 7.89. The lowest BCUT2D eigenvalue weighted by molar-refractivity contribution is -0.384. The molecule has 0 saturated heterocycles. The molecule has 0 aliphatic rings. The molecule has 2 aromatic rings. The van der Waals surface area contributed by atoms with Crippen molar-refractivity contribution in [2.45, 2.75) is 4.90 Å². The zero-order chi connectivity index (χ0) is 22.3. The highest BCUT2D eigenvalue weighted by Crippen LogP contribution is 2.24. The molecule has 11 nitrogen and oxygen atoms in total. The number of nitrogens with two attached hydrogens (primary N) is 1. The van der Waals surface area contributed by atoms with Crippen LogP contribution in [0.25, 0.3) is 0 Å². The van der Waals surface area contributed by atoms with E-state index in [0.29, 0.717) is 5.75 Å². The van der Waals surface area contributed by atoms with Gasteiger partial charge in [0.1, 0.15) is 30.5 Å². The van der Waals surface area contributed by atoms with Gasteiger partial charge in [-0.3, -0.25) is 19.7 Å². The summed E-state index contributed by atoms with van der Waals surface area (Å²) in [5.74, 6) is -1.12. The minimum Gasteiger partial charge on any atom is -0.490 e. The molecule has 0 saturated carbocycles. The van der Waals surface area contributed by atoms with Gasteiger partial charge in [-0.05, 0) is 36.4 Å². The smallest absolute Gasteiger partial charge is 0.325 e. The van der Waals surface area contributed by atoms with Crippen LogP contribution in [0.1, 0.15) is 10.4 Å². The second-order valence-electron chi connectivity index (χ2n) is 5.69. The molecule has 2 rings (SSSR count). The fourth-order valence-corrected chi connectivity index (χ4v) is 2.84. The highest BCUT2D eigenvalue weighted by Gasteiger charge is 2.17. The minimum atomic E-state index is -3.80. The number of halogens is 1. The van der Waals surface area contributed by atoms with Crippen LogP contribution in [0.3, 0.4) is 0 Å². The number of ether oxygens (including phenoxy) is 2. The van der Waals surface area contributed by atoms with Crippen LogP contribution in [0.15, 0.2) is 47.4 Å². The maximum Gasteiger partial charge on any atom is 0.325 e. The van der Waals surface area contributed by atoms with Gasteiger partial charge < -0.3 is 14.8 Å². The quantitative estimate of drug-likeness (QED) is 0.245. The molecule has 160 valence electrons. The van der Waals surface area contributed by atoms with Crippen LogP contribution in [-0.2, 0) is 19.6 Å². The number of rotatable bonds is 9. The lowest BCUT2D eigenvalue weighted by atomic mass is 10.2. The van der Waals surface area contributed by atoms with Gasteiger partial charge >= 0.3 is 5.97 Å². The number of nitrogens with one attached hydrogen (secondary N) is 1. The van der Waals surface area contributed by atoms with Gasteiger partial charge in [-0.2, -0.15) is 0 Å². The Morgan fingerprint density at radius 3 is 2.40 bits per heavy atom. The molecule has 0 aliphatic heterocycles. The number of nitrogens with zero attached hydrogens (tertiary/aromatic N) is 1. The second kappa shape index (κ2) is 10.0.